The van der Waals surface area contributed by atoms with E-state index in [1.54, 1.807) is 0 Å². The molecule has 0 saturated heterocycles. The molecule has 3 heterocycles. The first kappa shape index (κ1) is 19.7. The Morgan fingerprint density at radius 3 is 2.89 bits per heavy atom. The van der Waals surface area contributed by atoms with Crippen LogP contribution in [-0.4, -0.2) is 33.4 Å². The van der Waals surface area contributed by atoms with E-state index in [9.17, 15) is 4.79 Å². The fourth-order valence-electron chi connectivity index (χ4n) is 3.08. The smallest absolute Gasteiger partial charge is 0.303 e. The lowest BCUT2D eigenvalue weighted by molar-refractivity contribution is -0.137. The highest BCUT2D eigenvalue weighted by molar-refractivity contribution is 5.99. The van der Waals surface area contributed by atoms with Crippen LogP contribution in [0.3, 0.4) is 0 Å². The lowest BCUT2D eigenvalue weighted by Gasteiger charge is -2.03. The second kappa shape index (κ2) is 9.78. The molecule has 0 amide bonds. The van der Waals surface area contributed by atoms with Gasteiger partial charge in [-0.2, -0.15) is 0 Å². The number of aromatic amines is 2. The highest BCUT2D eigenvalue weighted by Crippen LogP contribution is 2.29. The second-order valence-corrected chi connectivity index (χ2v) is 6.85. The van der Waals surface area contributed by atoms with Crippen LogP contribution in [0.2, 0.25) is 0 Å². The molecule has 0 spiro atoms. The Morgan fingerprint density at radius 1 is 1.25 bits per heavy atom. The molecule has 1 aliphatic heterocycles. The van der Waals surface area contributed by atoms with Gasteiger partial charge < -0.3 is 19.8 Å². The third-order valence-electron chi connectivity index (χ3n) is 4.50. The number of unbranched alkanes of at least 4 members (excludes halogenated alkanes) is 2. The van der Waals surface area contributed by atoms with Crippen LogP contribution in [0.15, 0.2) is 47.2 Å². The van der Waals surface area contributed by atoms with Gasteiger partial charge in [0.25, 0.3) is 0 Å². The first-order valence-corrected chi connectivity index (χ1v) is 9.84. The van der Waals surface area contributed by atoms with Crippen molar-refractivity contribution in [3.8, 4) is 17.1 Å². The number of ether oxygens (including phenoxy) is 1. The van der Waals surface area contributed by atoms with Gasteiger partial charge in [-0.25, -0.2) is 0 Å². The Balaban J connectivity index is 1.66. The molecule has 2 aromatic rings. The lowest BCUT2D eigenvalue weighted by Crippen LogP contribution is -1.95. The van der Waals surface area contributed by atoms with Gasteiger partial charge in [-0.3, -0.25) is 9.79 Å². The minimum absolute atomic E-state index is 0.240. The zero-order chi connectivity index (χ0) is 19.8. The Morgan fingerprint density at radius 2 is 2.14 bits per heavy atom. The molecule has 1 aliphatic rings. The molecule has 0 aliphatic carbocycles. The van der Waals surface area contributed by atoms with Crippen molar-refractivity contribution in [1.82, 2.24) is 9.97 Å². The summed E-state index contributed by atoms with van der Waals surface area (Å²) in [4.78, 5) is 21.8. The molecule has 0 radical (unpaired) electrons. The van der Waals surface area contributed by atoms with Gasteiger partial charge >= 0.3 is 5.97 Å². The van der Waals surface area contributed by atoms with E-state index in [1.807, 2.05) is 42.6 Å². The molecule has 3 N–H and O–H groups in total. The average Bonchev–Trinajstić information content (AvgIpc) is 3.41. The summed E-state index contributed by atoms with van der Waals surface area (Å²) in [6.45, 7) is 2.75. The Kier molecular flexibility index (Phi) is 6.89. The van der Waals surface area contributed by atoms with Gasteiger partial charge in [0.05, 0.1) is 29.4 Å². The van der Waals surface area contributed by atoms with E-state index in [4.69, 9.17) is 9.84 Å². The van der Waals surface area contributed by atoms with E-state index in [0.717, 1.165) is 66.3 Å². The van der Waals surface area contributed by atoms with E-state index in [0.29, 0.717) is 6.61 Å². The van der Waals surface area contributed by atoms with Crippen molar-refractivity contribution in [3.63, 3.8) is 0 Å². The van der Waals surface area contributed by atoms with Crippen LogP contribution in [0.1, 0.15) is 51.1 Å². The van der Waals surface area contributed by atoms with Crippen LogP contribution in [0.5, 0.6) is 5.75 Å². The summed E-state index contributed by atoms with van der Waals surface area (Å²) in [5, 5.41) is 8.68. The first-order valence-electron chi connectivity index (χ1n) is 9.84. The van der Waals surface area contributed by atoms with Crippen LogP contribution < -0.4 is 4.74 Å². The van der Waals surface area contributed by atoms with Crippen LogP contribution in [0.25, 0.3) is 17.5 Å². The fourth-order valence-corrected chi connectivity index (χ4v) is 3.08. The summed E-state index contributed by atoms with van der Waals surface area (Å²) >= 11 is 0. The third-order valence-corrected chi connectivity index (χ3v) is 4.50. The number of H-pyrrole nitrogens is 2. The summed E-state index contributed by atoms with van der Waals surface area (Å²) in [6.07, 6.45) is 12.6. The maximum atomic E-state index is 10.5. The largest absolute Gasteiger partial charge is 0.491 e. The molecule has 3 rings (SSSR count). The van der Waals surface area contributed by atoms with Crippen molar-refractivity contribution in [2.45, 2.75) is 45.4 Å². The molecule has 0 saturated carbocycles. The summed E-state index contributed by atoms with van der Waals surface area (Å²) in [5.41, 5.74) is 4.82. The second-order valence-electron chi connectivity index (χ2n) is 6.85. The molecule has 2 aromatic heterocycles. The predicted octanol–water partition coefficient (Wildman–Crippen LogP) is 5.19. The Labute approximate surface area is 165 Å². The van der Waals surface area contributed by atoms with Crippen LogP contribution in [-0.2, 0) is 4.79 Å². The Hall–Kier alpha value is -3.02. The van der Waals surface area contributed by atoms with E-state index in [-0.39, 0.29) is 6.42 Å². The maximum Gasteiger partial charge on any atom is 0.303 e. The minimum Gasteiger partial charge on any atom is -0.491 e. The van der Waals surface area contributed by atoms with Crippen molar-refractivity contribution in [2.75, 3.05) is 6.61 Å². The molecule has 6 heteroatoms. The standard InChI is InChI=1S/C22H27N3O3/c1-2-13-28-21-15-19(18-8-6-12-23-18)25-20(21)14-17-11-10-16(24-17)7-4-3-5-9-22(26)27/h6,8,10-12,14-15,23,25H,2-5,7,9,13H2,1H3,(H,26,27)/b17-14+. The molecular formula is C22H27N3O3. The van der Waals surface area contributed by atoms with Gasteiger partial charge in [0.1, 0.15) is 5.75 Å². The topological polar surface area (TPSA) is 90.5 Å². The predicted molar refractivity (Wildman–Crippen MR) is 112 cm³/mol. The number of aliphatic imine (C=N–C) groups is 1. The van der Waals surface area contributed by atoms with E-state index >= 15 is 0 Å². The normalized spacial score (nSPS) is 14.6. The van der Waals surface area contributed by atoms with Gasteiger partial charge in [-0.15, -0.1) is 0 Å². The molecule has 28 heavy (non-hydrogen) atoms. The number of aromatic nitrogens is 2. The molecule has 0 fully saturated rings. The van der Waals surface area contributed by atoms with Gasteiger partial charge in [-0.05, 0) is 56.0 Å². The summed E-state index contributed by atoms with van der Waals surface area (Å²) in [6, 6.07) is 6.00. The molecule has 0 atom stereocenters. The van der Waals surface area contributed by atoms with Gasteiger partial charge in [0, 0.05) is 24.4 Å². The van der Waals surface area contributed by atoms with E-state index < -0.39 is 5.97 Å². The molecule has 6 nitrogen and oxygen atoms in total. The third kappa shape index (κ3) is 5.49. The Bertz CT molecular complexity index is 873. The number of carbonyl (C=O) groups is 1. The van der Waals surface area contributed by atoms with Gasteiger partial charge in [-0.1, -0.05) is 13.3 Å². The van der Waals surface area contributed by atoms with Crippen molar-refractivity contribution in [2.24, 2.45) is 4.99 Å². The quantitative estimate of drug-likeness (QED) is 0.468. The number of carboxylic acid groups (broad SMARTS) is 1. The minimum atomic E-state index is -0.728. The molecule has 148 valence electrons. The van der Waals surface area contributed by atoms with Crippen molar-refractivity contribution >= 4 is 17.8 Å². The first-order chi connectivity index (χ1) is 13.7. The number of nitrogens with one attached hydrogen (secondary N) is 2. The number of hydrogen-bond acceptors (Lipinski definition) is 3. The summed E-state index contributed by atoms with van der Waals surface area (Å²) < 4.78 is 5.90. The maximum absolute atomic E-state index is 10.5. The number of allylic oxidation sites excluding steroid dienone is 2. The van der Waals surface area contributed by atoms with E-state index in [2.05, 4.69) is 21.9 Å². The van der Waals surface area contributed by atoms with Crippen molar-refractivity contribution in [1.29, 1.82) is 0 Å². The zero-order valence-electron chi connectivity index (χ0n) is 16.2. The van der Waals surface area contributed by atoms with Crippen LogP contribution in [0.4, 0.5) is 0 Å². The number of carboxylic acids is 1. The fraction of sp³-hybridized carbons (Fsp3) is 0.364. The zero-order valence-corrected chi connectivity index (χ0v) is 16.2. The van der Waals surface area contributed by atoms with Crippen molar-refractivity contribution in [3.05, 3.63) is 47.9 Å². The van der Waals surface area contributed by atoms with E-state index in [1.165, 1.54) is 0 Å². The number of nitrogens with zero attached hydrogens (tertiary/aromatic N) is 1. The monoisotopic (exact) mass is 381 g/mol. The average molecular weight is 381 g/mol. The highest BCUT2D eigenvalue weighted by Gasteiger charge is 2.12. The number of hydrogen-bond donors (Lipinski definition) is 3. The van der Waals surface area contributed by atoms with Gasteiger partial charge in [0.2, 0.25) is 0 Å². The van der Waals surface area contributed by atoms with Crippen molar-refractivity contribution < 1.29 is 14.6 Å². The van der Waals surface area contributed by atoms with Gasteiger partial charge in [0.15, 0.2) is 0 Å². The number of aliphatic carboxylic acids is 1. The summed E-state index contributed by atoms with van der Waals surface area (Å²) in [5.74, 6) is 0.0961. The summed E-state index contributed by atoms with van der Waals surface area (Å²) in [7, 11) is 0. The molecule has 0 aromatic carbocycles. The highest BCUT2D eigenvalue weighted by atomic mass is 16.5. The SMILES string of the molecule is CCCOc1cc(-c2ccc[nH]2)[nH]c1/C=C1\C=CC(CCCCCC(=O)O)=N1. The van der Waals surface area contributed by atoms with Crippen LogP contribution in [0, 0.1) is 0 Å². The number of rotatable bonds is 11. The molecule has 0 unspecified atom stereocenters. The lowest BCUT2D eigenvalue weighted by atomic mass is 10.1. The molecule has 0 bridgehead atoms. The molecular weight excluding hydrogens is 354 g/mol. The van der Waals surface area contributed by atoms with Crippen LogP contribution >= 0.6 is 0 Å².